The zero-order chi connectivity index (χ0) is 15.2. The fraction of sp³-hybridized carbons (Fsp3) is 0.438. The summed E-state index contributed by atoms with van der Waals surface area (Å²) in [6.45, 7) is 7.67. The monoisotopic (exact) mass is 292 g/mol. The molecule has 1 aromatic heterocycles. The van der Waals surface area contributed by atoms with Crippen LogP contribution in [0.3, 0.4) is 0 Å². The Hall–Kier alpha value is -1.88. The van der Waals surface area contributed by atoms with E-state index in [0.29, 0.717) is 18.9 Å². The Kier molecular flexibility index (Phi) is 5.33. The van der Waals surface area contributed by atoms with Gasteiger partial charge in [0.15, 0.2) is 0 Å². The van der Waals surface area contributed by atoms with Gasteiger partial charge in [-0.1, -0.05) is 12.1 Å². The van der Waals surface area contributed by atoms with E-state index in [0.717, 1.165) is 35.5 Å². The van der Waals surface area contributed by atoms with Crippen molar-refractivity contribution in [1.29, 1.82) is 0 Å². The molecule has 2 aromatic rings. The molecule has 114 valence electrons. The van der Waals surface area contributed by atoms with Crippen molar-refractivity contribution < 1.29 is 13.7 Å². The van der Waals surface area contributed by atoms with Gasteiger partial charge in [0.25, 0.3) is 0 Å². The highest BCUT2D eigenvalue weighted by Crippen LogP contribution is 2.22. The standard InChI is InChI=1S/C16H21FN2O2/c1-4-7-18-9-13-8-14(17)5-6-16(13)20-10-15-11(2)19-21-12(15)3/h5-6,8,18H,4,7,9-10H2,1-3H3. The Morgan fingerprint density at radius 2 is 2.14 bits per heavy atom. The molecule has 0 atom stereocenters. The maximum atomic E-state index is 13.4. The number of hydrogen-bond donors (Lipinski definition) is 1. The summed E-state index contributed by atoms with van der Waals surface area (Å²) >= 11 is 0. The van der Waals surface area contributed by atoms with E-state index in [1.165, 1.54) is 12.1 Å². The Bertz CT molecular complexity index is 576. The molecule has 0 saturated carbocycles. The van der Waals surface area contributed by atoms with Crippen molar-refractivity contribution in [2.75, 3.05) is 6.54 Å². The minimum absolute atomic E-state index is 0.256. The molecule has 0 spiro atoms. The van der Waals surface area contributed by atoms with Crippen molar-refractivity contribution in [3.8, 4) is 5.75 Å². The number of halogens is 1. The average Bonchev–Trinajstić information content (AvgIpc) is 2.78. The van der Waals surface area contributed by atoms with Gasteiger partial charge < -0.3 is 14.6 Å². The smallest absolute Gasteiger partial charge is 0.140 e. The lowest BCUT2D eigenvalue weighted by Gasteiger charge is -2.12. The number of rotatable bonds is 7. The van der Waals surface area contributed by atoms with Crippen LogP contribution in [0.15, 0.2) is 22.7 Å². The van der Waals surface area contributed by atoms with Crippen LogP contribution in [0.1, 0.15) is 35.9 Å². The first-order chi connectivity index (χ1) is 10.1. The van der Waals surface area contributed by atoms with Crippen molar-refractivity contribution >= 4 is 0 Å². The lowest BCUT2D eigenvalue weighted by Crippen LogP contribution is -2.15. The SMILES string of the molecule is CCCNCc1cc(F)ccc1OCc1c(C)noc1C. The summed E-state index contributed by atoms with van der Waals surface area (Å²) in [5.41, 5.74) is 2.57. The zero-order valence-corrected chi connectivity index (χ0v) is 12.7. The van der Waals surface area contributed by atoms with Gasteiger partial charge in [0.05, 0.1) is 11.3 Å². The number of aromatic nitrogens is 1. The lowest BCUT2D eigenvalue weighted by atomic mass is 10.2. The molecular formula is C16H21FN2O2. The molecule has 0 aliphatic heterocycles. The normalized spacial score (nSPS) is 10.9. The fourth-order valence-corrected chi connectivity index (χ4v) is 2.08. The molecule has 0 aliphatic carbocycles. The minimum atomic E-state index is -0.256. The second-order valence-corrected chi connectivity index (χ2v) is 5.02. The van der Waals surface area contributed by atoms with Crippen molar-refractivity contribution in [3.05, 3.63) is 46.6 Å². The summed E-state index contributed by atoms with van der Waals surface area (Å²) in [5.74, 6) is 1.17. The van der Waals surface area contributed by atoms with E-state index < -0.39 is 0 Å². The van der Waals surface area contributed by atoms with E-state index in [1.807, 2.05) is 13.8 Å². The second kappa shape index (κ2) is 7.22. The third-order valence-electron chi connectivity index (χ3n) is 3.32. The number of nitrogens with zero attached hydrogens (tertiary/aromatic N) is 1. The molecule has 21 heavy (non-hydrogen) atoms. The van der Waals surface area contributed by atoms with Gasteiger partial charge in [-0.15, -0.1) is 0 Å². The van der Waals surface area contributed by atoms with Crippen LogP contribution in [0.2, 0.25) is 0 Å². The highest BCUT2D eigenvalue weighted by molar-refractivity contribution is 5.34. The molecular weight excluding hydrogens is 271 g/mol. The summed E-state index contributed by atoms with van der Waals surface area (Å²) in [7, 11) is 0. The largest absolute Gasteiger partial charge is 0.488 e. The molecule has 1 heterocycles. The van der Waals surface area contributed by atoms with Gasteiger partial charge in [0.2, 0.25) is 0 Å². The Labute approximate surface area is 124 Å². The maximum absolute atomic E-state index is 13.4. The highest BCUT2D eigenvalue weighted by atomic mass is 19.1. The molecule has 0 aliphatic rings. The van der Waals surface area contributed by atoms with Crippen LogP contribution < -0.4 is 10.1 Å². The topological polar surface area (TPSA) is 47.3 Å². The van der Waals surface area contributed by atoms with E-state index in [2.05, 4.69) is 17.4 Å². The molecule has 5 heteroatoms. The lowest BCUT2D eigenvalue weighted by molar-refractivity contribution is 0.297. The van der Waals surface area contributed by atoms with Crippen molar-refractivity contribution in [2.45, 2.75) is 40.3 Å². The van der Waals surface area contributed by atoms with Gasteiger partial charge in [0, 0.05) is 12.1 Å². The summed E-state index contributed by atoms with van der Waals surface area (Å²) in [6.07, 6.45) is 1.03. The number of aryl methyl sites for hydroxylation is 2. The Balaban J connectivity index is 2.08. The van der Waals surface area contributed by atoms with Crippen molar-refractivity contribution in [1.82, 2.24) is 10.5 Å². The second-order valence-electron chi connectivity index (χ2n) is 5.02. The number of ether oxygens (including phenoxy) is 1. The first kappa shape index (κ1) is 15.5. The van der Waals surface area contributed by atoms with Crippen molar-refractivity contribution in [3.63, 3.8) is 0 Å². The summed E-state index contributed by atoms with van der Waals surface area (Å²) < 4.78 is 24.3. The van der Waals surface area contributed by atoms with Gasteiger partial charge in [-0.25, -0.2) is 4.39 Å². The Morgan fingerprint density at radius 3 is 2.81 bits per heavy atom. The number of hydrogen-bond acceptors (Lipinski definition) is 4. The van der Waals surface area contributed by atoms with Crippen LogP contribution >= 0.6 is 0 Å². The van der Waals surface area contributed by atoms with Gasteiger partial charge in [0.1, 0.15) is 23.9 Å². The molecule has 0 radical (unpaired) electrons. The molecule has 0 amide bonds. The fourth-order valence-electron chi connectivity index (χ4n) is 2.08. The average molecular weight is 292 g/mol. The van der Waals surface area contributed by atoms with E-state index in [1.54, 1.807) is 6.07 Å². The first-order valence-corrected chi connectivity index (χ1v) is 7.15. The molecule has 2 rings (SSSR count). The van der Waals surface area contributed by atoms with Gasteiger partial charge in [-0.2, -0.15) is 0 Å². The predicted molar refractivity (Wildman–Crippen MR) is 78.7 cm³/mol. The summed E-state index contributed by atoms with van der Waals surface area (Å²) in [6, 6.07) is 4.58. The maximum Gasteiger partial charge on any atom is 0.140 e. The summed E-state index contributed by atoms with van der Waals surface area (Å²) in [5, 5.41) is 7.16. The van der Waals surface area contributed by atoms with Gasteiger partial charge in [-0.05, 0) is 45.0 Å². The quantitative estimate of drug-likeness (QED) is 0.793. The van der Waals surface area contributed by atoms with Crippen LogP contribution in [0, 0.1) is 19.7 Å². The molecule has 1 aromatic carbocycles. The van der Waals surface area contributed by atoms with E-state index in [9.17, 15) is 4.39 Å². The van der Waals surface area contributed by atoms with E-state index >= 15 is 0 Å². The van der Waals surface area contributed by atoms with Gasteiger partial charge in [-0.3, -0.25) is 0 Å². The highest BCUT2D eigenvalue weighted by Gasteiger charge is 2.11. The molecule has 4 nitrogen and oxygen atoms in total. The first-order valence-electron chi connectivity index (χ1n) is 7.15. The molecule has 0 unspecified atom stereocenters. The number of nitrogens with one attached hydrogen (secondary N) is 1. The van der Waals surface area contributed by atoms with Crippen molar-refractivity contribution in [2.24, 2.45) is 0 Å². The van der Waals surface area contributed by atoms with Crippen LogP contribution in [0.4, 0.5) is 4.39 Å². The minimum Gasteiger partial charge on any atom is -0.488 e. The third kappa shape index (κ3) is 4.04. The number of benzene rings is 1. The van der Waals surface area contributed by atoms with Crippen LogP contribution in [-0.4, -0.2) is 11.7 Å². The van der Waals surface area contributed by atoms with Crippen LogP contribution in [0.5, 0.6) is 5.75 Å². The predicted octanol–water partition coefficient (Wildman–Crippen LogP) is 3.51. The van der Waals surface area contributed by atoms with Crippen LogP contribution in [0.25, 0.3) is 0 Å². The summed E-state index contributed by atoms with van der Waals surface area (Å²) in [4.78, 5) is 0. The van der Waals surface area contributed by atoms with E-state index in [4.69, 9.17) is 9.26 Å². The molecule has 0 saturated heterocycles. The zero-order valence-electron chi connectivity index (χ0n) is 12.7. The molecule has 0 fully saturated rings. The van der Waals surface area contributed by atoms with E-state index in [-0.39, 0.29) is 5.82 Å². The van der Waals surface area contributed by atoms with Crippen LogP contribution in [-0.2, 0) is 13.2 Å². The molecule has 1 N–H and O–H groups in total. The van der Waals surface area contributed by atoms with Gasteiger partial charge >= 0.3 is 0 Å². The third-order valence-corrected chi connectivity index (χ3v) is 3.32. The Morgan fingerprint density at radius 1 is 1.33 bits per heavy atom. The molecule has 0 bridgehead atoms.